The molecular formula is C29H28N2O5. The topological polar surface area (TPSA) is 92.8 Å². The quantitative estimate of drug-likeness (QED) is 0.271. The van der Waals surface area contributed by atoms with Crippen molar-refractivity contribution in [2.75, 3.05) is 16.8 Å². The third-order valence-electron chi connectivity index (χ3n) is 8.16. The molecule has 5 aliphatic rings. The highest BCUT2D eigenvalue weighted by molar-refractivity contribution is 6.22. The molecule has 0 radical (unpaired) electrons. The van der Waals surface area contributed by atoms with Crippen LogP contribution < -0.4 is 10.2 Å². The summed E-state index contributed by atoms with van der Waals surface area (Å²) in [5.41, 5.74) is 1.89. The second-order valence-corrected chi connectivity index (χ2v) is 10.2. The van der Waals surface area contributed by atoms with E-state index in [0.717, 1.165) is 19.3 Å². The number of allylic oxidation sites excluding steroid dienone is 2. The summed E-state index contributed by atoms with van der Waals surface area (Å²) in [6.07, 6.45) is 7.21. The Bertz CT molecular complexity index is 1230. The largest absolute Gasteiger partial charge is 0.462 e. The fourth-order valence-corrected chi connectivity index (χ4v) is 6.26. The van der Waals surface area contributed by atoms with Gasteiger partial charge >= 0.3 is 5.97 Å². The van der Waals surface area contributed by atoms with E-state index in [0.29, 0.717) is 40.9 Å². The number of anilines is 2. The molecule has 1 saturated heterocycles. The van der Waals surface area contributed by atoms with Gasteiger partial charge in [0.1, 0.15) is 0 Å². The predicted molar refractivity (Wildman–Crippen MR) is 133 cm³/mol. The standard InChI is InChI=1S/C29H28N2O5/c1-2-3-14-36-29(35)17-4-8-18(9-5-17)30-26(32)16-6-10-19(11-7-16)31-27(33)24-20-12-13-21(23-15-22(20)23)25(24)28(31)34/h4-13,20-25H,2-3,14-15H2,1H3,(H,30,32)/t20-,21-,22-,23-,24-,25+/m1/s1. The Balaban J connectivity index is 1.11. The summed E-state index contributed by atoms with van der Waals surface area (Å²) < 4.78 is 5.20. The molecule has 1 heterocycles. The fourth-order valence-electron chi connectivity index (χ4n) is 6.26. The van der Waals surface area contributed by atoms with Gasteiger partial charge < -0.3 is 10.1 Å². The second kappa shape index (κ2) is 8.73. The number of nitrogens with zero attached hydrogens (tertiary/aromatic N) is 1. The molecule has 7 heteroatoms. The smallest absolute Gasteiger partial charge is 0.338 e. The van der Waals surface area contributed by atoms with E-state index < -0.39 is 0 Å². The number of benzene rings is 2. The van der Waals surface area contributed by atoms with Crippen LogP contribution in [0, 0.1) is 35.5 Å². The van der Waals surface area contributed by atoms with Crippen LogP contribution in [0.1, 0.15) is 46.9 Å². The van der Waals surface area contributed by atoms with Gasteiger partial charge in [0.25, 0.3) is 5.91 Å². The zero-order valence-corrected chi connectivity index (χ0v) is 20.1. The van der Waals surface area contributed by atoms with Gasteiger partial charge in [0.15, 0.2) is 0 Å². The molecule has 2 aromatic carbocycles. The molecule has 2 bridgehead atoms. The van der Waals surface area contributed by atoms with Gasteiger partial charge in [-0.25, -0.2) is 4.79 Å². The molecule has 2 aromatic rings. The Kier molecular flexibility index (Phi) is 5.51. The van der Waals surface area contributed by atoms with Gasteiger partial charge in [-0.1, -0.05) is 25.5 Å². The third-order valence-corrected chi connectivity index (χ3v) is 8.16. The highest BCUT2D eigenvalue weighted by Crippen LogP contribution is 2.65. The second-order valence-electron chi connectivity index (χ2n) is 10.2. The summed E-state index contributed by atoms with van der Waals surface area (Å²) in [5, 5.41) is 2.81. The fraction of sp³-hybridized carbons (Fsp3) is 0.379. The van der Waals surface area contributed by atoms with Gasteiger partial charge in [-0.2, -0.15) is 0 Å². The van der Waals surface area contributed by atoms with Crippen molar-refractivity contribution in [3.63, 3.8) is 0 Å². The van der Waals surface area contributed by atoms with Crippen molar-refractivity contribution in [2.24, 2.45) is 35.5 Å². The first-order chi connectivity index (χ1) is 17.5. The summed E-state index contributed by atoms with van der Waals surface area (Å²) in [4.78, 5) is 52.7. The van der Waals surface area contributed by atoms with E-state index in [1.165, 1.54) is 4.90 Å². The average Bonchev–Trinajstić information content (AvgIpc) is 3.67. The molecule has 3 fully saturated rings. The minimum Gasteiger partial charge on any atom is -0.462 e. The predicted octanol–water partition coefficient (Wildman–Crippen LogP) is 4.45. The Morgan fingerprint density at radius 1 is 0.889 bits per heavy atom. The molecule has 0 spiro atoms. The number of carbonyl (C=O) groups excluding carboxylic acids is 4. The molecule has 3 amide bonds. The lowest BCUT2D eigenvalue weighted by Gasteiger charge is -2.37. The number of amides is 3. The van der Waals surface area contributed by atoms with Crippen molar-refractivity contribution in [3.8, 4) is 0 Å². The van der Waals surface area contributed by atoms with Crippen LogP contribution in [0.25, 0.3) is 0 Å². The van der Waals surface area contributed by atoms with Crippen molar-refractivity contribution >= 4 is 35.1 Å². The lowest BCUT2D eigenvalue weighted by atomic mass is 9.63. The molecule has 2 saturated carbocycles. The van der Waals surface area contributed by atoms with Crippen LogP contribution in [0.15, 0.2) is 60.7 Å². The molecule has 1 aliphatic heterocycles. The molecular weight excluding hydrogens is 456 g/mol. The van der Waals surface area contributed by atoms with Crippen LogP contribution in [0.3, 0.4) is 0 Å². The van der Waals surface area contributed by atoms with Crippen molar-refractivity contribution in [1.29, 1.82) is 0 Å². The van der Waals surface area contributed by atoms with E-state index in [1.807, 2.05) is 6.92 Å². The van der Waals surface area contributed by atoms with Crippen molar-refractivity contribution in [2.45, 2.75) is 26.2 Å². The van der Waals surface area contributed by atoms with Crippen LogP contribution in [-0.2, 0) is 14.3 Å². The molecule has 6 atom stereocenters. The van der Waals surface area contributed by atoms with Crippen LogP contribution in [0.2, 0.25) is 0 Å². The Morgan fingerprint density at radius 3 is 2.06 bits per heavy atom. The summed E-state index contributed by atoms with van der Waals surface area (Å²) in [6, 6.07) is 13.1. The lowest BCUT2D eigenvalue weighted by Crippen LogP contribution is -2.40. The van der Waals surface area contributed by atoms with Crippen molar-refractivity contribution < 1.29 is 23.9 Å². The number of ether oxygens (including phenoxy) is 1. The number of carbonyl (C=O) groups is 4. The molecule has 7 nitrogen and oxygen atoms in total. The van der Waals surface area contributed by atoms with Crippen LogP contribution >= 0.6 is 0 Å². The van der Waals surface area contributed by atoms with Crippen molar-refractivity contribution in [1.82, 2.24) is 0 Å². The lowest BCUT2D eigenvalue weighted by molar-refractivity contribution is -0.124. The molecule has 1 N–H and O–H groups in total. The van der Waals surface area contributed by atoms with Gasteiger partial charge in [0, 0.05) is 11.3 Å². The maximum atomic E-state index is 13.3. The molecule has 36 heavy (non-hydrogen) atoms. The van der Waals surface area contributed by atoms with Gasteiger partial charge in [0.05, 0.1) is 29.7 Å². The number of unbranched alkanes of at least 4 members (excludes halogenated alkanes) is 1. The van der Waals surface area contributed by atoms with E-state index in [-0.39, 0.29) is 47.4 Å². The normalized spacial score (nSPS) is 29.1. The van der Waals surface area contributed by atoms with E-state index in [4.69, 9.17) is 4.74 Å². The third kappa shape index (κ3) is 3.65. The minimum atomic E-state index is -0.386. The number of rotatable bonds is 7. The number of nitrogens with one attached hydrogen (secondary N) is 1. The Morgan fingerprint density at radius 2 is 1.47 bits per heavy atom. The maximum absolute atomic E-state index is 13.3. The van der Waals surface area contributed by atoms with Gasteiger partial charge in [0.2, 0.25) is 11.8 Å². The average molecular weight is 485 g/mol. The van der Waals surface area contributed by atoms with Crippen molar-refractivity contribution in [3.05, 3.63) is 71.8 Å². The highest BCUT2D eigenvalue weighted by atomic mass is 16.5. The molecule has 0 aromatic heterocycles. The first-order valence-electron chi connectivity index (χ1n) is 12.7. The van der Waals surface area contributed by atoms with E-state index in [1.54, 1.807) is 48.5 Å². The van der Waals surface area contributed by atoms with Crippen LogP contribution in [0.4, 0.5) is 11.4 Å². The number of imide groups is 1. The van der Waals surface area contributed by atoms with Crippen LogP contribution in [-0.4, -0.2) is 30.3 Å². The number of hydrogen-bond acceptors (Lipinski definition) is 5. The summed E-state index contributed by atoms with van der Waals surface area (Å²) in [6.45, 7) is 2.41. The Labute approximate surface area is 209 Å². The zero-order valence-electron chi connectivity index (χ0n) is 20.1. The van der Waals surface area contributed by atoms with E-state index in [2.05, 4.69) is 17.5 Å². The number of hydrogen-bond donors (Lipinski definition) is 1. The van der Waals surface area contributed by atoms with Gasteiger partial charge in [-0.15, -0.1) is 0 Å². The summed E-state index contributed by atoms with van der Waals surface area (Å²) in [5.74, 6) is 0.0629. The molecule has 184 valence electrons. The minimum absolute atomic E-state index is 0.111. The maximum Gasteiger partial charge on any atom is 0.338 e. The van der Waals surface area contributed by atoms with Gasteiger partial charge in [-0.3, -0.25) is 19.3 Å². The molecule has 4 aliphatic carbocycles. The molecule has 7 rings (SSSR count). The summed E-state index contributed by atoms with van der Waals surface area (Å²) >= 11 is 0. The zero-order chi connectivity index (χ0) is 25.0. The SMILES string of the molecule is CCCCOC(=O)c1ccc(NC(=O)c2ccc(N3C(=O)[C@@H]4[C@@H]5C=C[C@H]([C@H]6C[C@H]56)[C@@H]4C3=O)cc2)cc1. The first kappa shape index (κ1) is 22.7. The Hall–Kier alpha value is -3.74. The molecule has 0 unspecified atom stereocenters. The summed E-state index contributed by atoms with van der Waals surface area (Å²) in [7, 11) is 0. The van der Waals surface area contributed by atoms with Gasteiger partial charge in [-0.05, 0) is 85.0 Å². The van der Waals surface area contributed by atoms with Crippen LogP contribution in [0.5, 0.6) is 0 Å². The van der Waals surface area contributed by atoms with E-state index >= 15 is 0 Å². The highest BCUT2D eigenvalue weighted by Gasteiger charge is 2.67. The monoisotopic (exact) mass is 484 g/mol. The van der Waals surface area contributed by atoms with E-state index in [9.17, 15) is 19.2 Å². The first-order valence-corrected chi connectivity index (χ1v) is 12.7. The number of esters is 1.